The molecule has 0 fully saturated rings. The molecule has 8 heteroatoms. The van der Waals surface area contributed by atoms with Gasteiger partial charge < -0.3 is 36.3 Å². The third-order valence-electron chi connectivity index (χ3n) is 3.41. The zero-order valence-electron chi connectivity index (χ0n) is 12.4. The highest BCUT2D eigenvalue weighted by Crippen LogP contribution is 2.32. The first-order chi connectivity index (χ1) is 10.3. The zero-order valence-corrected chi connectivity index (χ0v) is 12.4. The van der Waals surface area contributed by atoms with Gasteiger partial charge in [0, 0.05) is 12.3 Å². The minimum absolute atomic E-state index is 0.0439. The van der Waals surface area contributed by atoms with Crippen molar-refractivity contribution in [3.8, 4) is 0 Å². The summed E-state index contributed by atoms with van der Waals surface area (Å²) in [5.74, 6) is -0.574. The molecule has 5 atom stereocenters. The fourth-order valence-electron chi connectivity index (χ4n) is 2.41. The number of aliphatic imine (C=N–C) groups is 1. The minimum atomic E-state index is -1.41. The fraction of sp³-hybridized carbons (Fsp3) is 0.571. The lowest BCUT2D eigenvalue weighted by atomic mass is 9.83. The molecule has 0 saturated carbocycles. The standard InChI is InChI=1S/C14H23N3O5/c1-3-8-5-10(17-14(15)16)9(4-7(2)19)13(22-8)12(21)11(20)6-18/h3,5,9-13,18,20-21H,1,4,6H2,2H3,(H4,15,16,17)/t9-,10+,11-,12-,13-/m1/s1. The third-order valence-corrected chi connectivity index (χ3v) is 3.41. The predicted octanol–water partition coefficient (Wildman–Crippen LogP) is -1.59. The highest BCUT2D eigenvalue weighted by Gasteiger charge is 2.41. The summed E-state index contributed by atoms with van der Waals surface area (Å²) in [4.78, 5) is 15.5. The molecule has 1 aliphatic heterocycles. The molecule has 0 saturated heterocycles. The number of hydrogen-bond acceptors (Lipinski definition) is 6. The number of nitrogens with two attached hydrogens (primary N) is 2. The Hall–Kier alpha value is -1.90. The molecule has 0 aliphatic carbocycles. The SMILES string of the molecule is C=CC1=C[C@H](N=C(N)N)[C@@H](CC(C)=O)[C@H]([C@H](O)[C@H](O)CO)O1. The zero-order chi connectivity index (χ0) is 16.9. The van der Waals surface area contributed by atoms with Crippen LogP contribution in [-0.4, -0.2) is 58.0 Å². The normalized spacial score (nSPS) is 27.1. The average molecular weight is 313 g/mol. The van der Waals surface area contributed by atoms with E-state index in [9.17, 15) is 15.0 Å². The minimum Gasteiger partial charge on any atom is -0.487 e. The van der Waals surface area contributed by atoms with Crippen molar-refractivity contribution in [3.05, 3.63) is 24.5 Å². The van der Waals surface area contributed by atoms with Gasteiger partial charge in [0.25, 0.3) is 0 Å². The van der Waals surface area contributed by atoms with Crippen LogP contribution in [0.5, 0.6) is 0 Å². The van der Waals surface area contributed by atoms with Crippen LogP contribution in [0.4, 0.5) is 0 Å². The van der Waals surface area contributed by atoms with Crippen molar-refractivity contribution in [2.45, 2.75) is 37.7 Å². The van der Waals surface area contributed by atoms with Crippen LogP contribution in [0, 0.1) is 5.92 Å². The molecular weight excluding hydrogens is 290 g/mol. The number of Topliss-reactive ketones (excluding diaryl/α,β-unsaturated/α-hetero) is 1. The summed E-state index contributed by atoms with van der Waals surface area (Å²) in [6.45, 7) is 4.33. The van der Waals surface area contributed by atoms with Gasteiger partial charge in [-0.05, 0) is 19.1 Å². The monoisotopic (exact) mass is 313 g/mol. The maximum Gasteiger partial charge on any atom is 0.186 e. The second-order valence-electron chi connectivity index (χ2n) is 5.21. The maximum absolute atomic E-state index is 11.5. The largest absolute Gasteiger partial charge is 0.487 e. The van der Waals surface area contributed by atoms with E-state index in [0.717, 1.165) is 0 Å². The lowest BCUT2D eigenvalue weighted by molar-refractivity contribution is -0.127. The topological polar surface area (TPSA) is 151 Å². The smallest absolute Gasteiger partial charge is 0.186 e. The molecule has 0 aromatic carbocycles. The number of allylic oxidation sites excluding steroid dienone is 1. The third kappa shape index (κ3) is 4.55. The molecule has 1 aliphatic rings. The Balaban J connectivity index is 3.20. The van der Waals surface area contributed by atoms with Crippen molar-refractivity contribution < 1.29 is 24.9 Å². The second kappa shape index (κ2) is 7.92. The molecule has 8 nitrogen and oxygen atoms in total. The molecular formula is C14H23N3O5. The van der Waals surface area contributed by atoms with Crippen LogP contribution in [0.3, 0.4) is 0 Å². The first-order valence-corrected chi connectivity index (χ1v) is 6.86. The summed E-state index contributed by atoms with van der Waals surface area (Å²) in [7, 11) is 0. The molecule has 0 aromatic rings. The van der Waals surface area contributed by atoms with E-state index in [2.05, 4.69) is 11.6 Å². The Morgan fingerprint density at radius 3 is 2.64 bits per heavy atom. The molecule has 0 amide bonds. The summed E-state index contributed by atoms with van der Waals surface area (Å²) >= 11 is 0. The van der Waals surface area contributed by atoms with Crippen molar-refractivity contribution in [2.24, 2.45) is 22.4 Å². The quantitative estimate of drug-likeness (QED) is 0.280. The number of carbonyl (C=O) groups is 1. The van der Waals surface area contributed by atoms with Gasteiger partial charge in [0.05, 0.1) is 12.6 Å². The lowest BCUT2D eigenvalue weighted by Gasteiger charge is -2.38. The summed E-state index contributed by atoms with van der Waals surface area (Å²) < 4.78 is 5.56. The number of ether oxygens (including phenoxy) is 1. The van der Waals surface area contributed by atoms with Crippen LogP contribution in [0.2, 0.25) is 0 Å². The van der Waals surface area contributed by atoms with E-state index in [1.807, 2.05) is 0 Å². The number of guanidine groups is 1. The van der Waals surface area contributed by atoms with Crippen molar-refractivity contribution in [1.82, 2.24) is 0 Å². The Labute approximate surface area is 128 Å². The van der Waals surface area contributed by atoms with Crippen LogP contribution in [0.15, 0.2) is 29.5 Å². The number of carbonyl (C=O) groups excluding carboxylic acids is 1. The van der Waals surface area contributed by atoms with Crippen LogP contribution in [-0.2, 0) is 9.53 Å². The van der Waals surface area contributed by atoms with E-state index in [-0.39, 0.29) is 18.2 Å². The van der Waals surface area contributed by atoms with Crippen molar-refractivity contribution in [2.75, 3.05) is 6.61 Å². The van der Waals surface area contributed by atoms with E-state index < -0.39 is 36.9 Å². The van der Waals surface area contributed by atoms with E-state index in [4.69, 9.17) is 21.3 Å². The van der Waals surface area contributed by atoms with Crippen LogP contribution in [0.1, 0.15) is 13.3 Å². The molecule has 0 aromatic heterocycles. The molecule has 0 unspecified atom stereocenters. The van der Waals surface area contributed by atoms with Gasteiger partial charge in [0.1, 0.15) is 29.9 Å². The number of nitrogens with zero attached hydrogens (tertiary/aromatic N) is 1. The average Bonchev–Trinajstić information content (AvgIpc) is 2.46. The summed E-state index contributed by atoms with van der Waals surface area (Å²) in [5.41, 5.74) is 10.8. The van der Waals surface area contributed by atoms with Crippen molar-refractivity contribution in [1.29, 1.82) is 0 Å². The van der Waals surface area contributed by atoms with Gasteiger partial charge in [-0.1, -0.05) is 6.58 Å². The molecule has 1 heterocycles. The first-order valence-electron chi connectivity index (χ1n) is 6.86. The molecule has 7 N–H and O–H groups in total. The Morgan fingerprint density at radius 2 is 2.18 bits per heavy atom. The number of aliphatic hydroxyl groups is 3. The Bertz CT molecular complexity index is 473. The van der Waals surface area contributed by atoms with Crippen molar-refractivity contribution in [3.63, 3.8) is 0 Å². The molecule has 0 bridgehead atoms. The highest BCUT2D eigenvalue weighted by atomic mass is 16.5. The van der Waals surface area contributed by atoms with E-state index in [1.54, 1.807) is 6.08 Å². The van der Waals surface area contributed by atoms with Gasteiger partial charge in [-0.2, -0.15) is 0 Å². The summed E-state index contributed by atoms with van der Waals surface area (Å²) in [6, 6.07) is -0.610. The van der Waals surface area contributed by atoms with Crippen LogP contribution in [0.25, 0.3) is 0 Å². The van der Waals surface area contributed by atoms with Gasteiger partial charge in [0.2, 0.25) is 0 Å². The van der Waals surface area contributed by atoms with E-state index in [0.29, 0.717) is 5.76 Å². The second-order valence-corrected chi connectivity index (χ2v) is 5.21. The van der Waals surface area contributed by atoms with Crippen LogP contribution < -0.4 is 11.5 Å². The molecule has 1 rings (SSSR count). The predicted molar refractivity (Wildman–Crippen MR) is 80.6 cm³/mol. The van der Waals surface area contributed by atoms with Gasteiger partial charge in [-0.15, -0.1) is 0 Å². The van der Waals surface area contributed by atoms with Gasteiger partial charge >= 0.3 is 0 Å². The van der Waals surface area contributed by atoms with Crippen molar-refractivity contribution >= 4 is 11.7 Å². The first kappa shape index (κ1) is 18.1. The highest BCUT2D eigenvalue weighted by molar-refractivity contribution is 5.77. The van der Waals surface area contributed by atoms with E-state index in [1.165, 1.54) is 13.0 Å². The molecule has 0 spiro atoms. The lowest BCUT2D eigenvalue weighted by Crippen LogP contribution is -2.50. The number of rotatable bonds is 7. The Morgan fingerprint density at radius 1 is 1.55 bits per heavy atom. The van der Waals surface area contributed by atoms with Gasteiger partial charge in [-0.3, -0.25) is 0 Å². The number of ketones is 1. The summed E-state index contributed by atoms with van der Waals surface area (Å²) in [5, 5.41) is 28.8. The molecule has 22 heavy (non-hydrogen) atoms. The van der Waals surface area contributed by atoms with E-state index >= 15 is 0 Å². The number of aliphatic hydroxyl groups excluding tert-OH is 3. The molecule has 0 radical (unpaired) electrons. The van der Waals surface area contributed by atoms with Crippen LogP contribution >= 0.6 is 0 Å². The molecule has 124 valence electrons. The fourth-order valence-corrected chi connectivity index (χ4v) is 2.41. The maximum atomic E-state index is 11.5. The number of hydrogen-bond donors (Lipinski definition) is 5. The Kier molecular flexibility index (Phi) is 6.54. The van der Waals surface area contributed by atoms with Gasteiger partial charge in [-0.25, -0.2) is 4.99 Å². The summed E-state index contributed by atoms with van der Waals surface area (Å²) in [6.07, 6.45) is -0.739. The van der Waals surface area contributed by atoms with Gasteiger partial charge in [0.15, 0.2) is 5.96 Å².